The van der Waals surface area contributed by atoms with Crippen molar-refractivity contribution in [2.75, 3.05) is 0 Å². The molecule has 170 valence electrons. The molecule has 0 spiro atoms. The fraction of sp³-hybridized carbons (Fsp3) is 0.240. The Morgan fingerprint density at radius 2 is 1.73 bits per heavy atom. The van der Waals surface area contributed by atoms with Crippen LogP contribution in [0.25, 0.3) is 10.9 Å². The zero-order valence-corrected chi connectivity index (χ0v) is 19.6. The average molecular weight is 482 g/mol. The van der Waals surface area contributed by atoms with E-state index >= 15 is 0 Å². The van der Waals surface area contributed by atoms with Crippen molar-refractivity contribution >= 4 is 39.7 Å². The van der Waals surface area contributed by atoms with E-state index in [2.05, 4.69) is 5.32 Å². The standard InChI is InChI=1S/C25H24ClN3O3S/c26-21-11-3-1-8-18(21)17-29-22-12-4-2-10-20(22)24(31)28(25(29)32)14-6-5-13-23(30)27-16-19-9-7-15-33-19/h1-4,7-12,15H,5-6,13-14,16-17H2,(H,27,30). The molecule has 6 nitrogen and oxygen atoms in total. The Kier molecular flexibility index (Phi) is 7.42. The quantitative estimate of drug-likeness (QED) is 0.360. The first-order valence-corrected chi connectivity index (χ1v) is 12.0. The van der Waals surface area contributed by atoms with Crippen LogP contribution >= 0.6 is 22.9 Å². The second-order valence-corrected chi connectivity index (χ2v) is 9.19. The van der Waals surface area contributed by atoms with Gasteiger partial charge in [0, 0.05) is 22.9 Å². The van der Waals surface area contributed by atoms with Crippen molar-refractivity contribution in [2.45, 2.75) is 38.9 Å². The van der Waals surface area contributed by atoms with Gasteiger partial charge in [0.1, 0.15) is 0 Å². The molecule has 0 fully saturated rings. The van der Waals surface area contributed by atoms with E-state index in [-0.39, 0.29) is 30.2 Å². The van der Waals surface area contributed by atoms with Crippen LogP contribution in [0.1, 0.15) is 29.7 Å². The fourth-order valence-corrected chi connectivity index (χ4v) is 4.60. The number of halogens is 1. The SMILES string of the molecule is O=C(CCCCn1c(=O)c2ccccc2n(Cc2ccccc2Cl)c1=O)NCc1cccs1. The summed E-state index contributed by atoms with van der Waals surface area (Å²) in [5, 5.41) is 5.92. The molecule has 1 amide bonds. The van der Waals surface area contributed by atoms with E-state index in [0.717, 1.165) is 10.4 Å². The van der Waals surface area contributed by atoms with E-state index in [1.54, 1.807) is 40.2 Å². The molecular formula is C25H24ClN3O3S. The maximum Gasteiger partial charge on any atom is 0.331 e. The first-order valence-electron chi connectivity index (χ1n) is 10.8. The Balaban J connectivity index is 1.49. The van der Waals surface area contributed by atoms with Crippen LogP contribution in [0.4, 0.5) is 0 Å². The highest BCUT2D eigenvalue weighted by molar-refractivity contribution is 7.09. The van der Waals surface area contributed by atoms with Crippen LogP contribution in [-0.2, 0) is 24.4 Å². The number of unbranched alkanes of at least 4 members (excludes halogenated alkanes) is 1. The highest BCUT2D eigenvalue weighted by Gasteiger charge is 2.14. The van der Waals surface area contributed by atoms with Crippen LogP contribution < -0.4 is 16.6 Å². The third kappa shape index (κ3) is 5.43. The molecule has 0 unspecified atom stereocenters. The Morgan fingerprint density at radius 3 is 2.52 bits per heavy atom. The van der Waals surface area contributed by atoms with Crippen LogP contribution in [-0.4, -0.2) is 15.0 Å². The number of carbonyl (C=O) groups is 1. The Labute approximate surface area is 200 Å². The van der Waals surface area contributed by atoms with Crippen molar-refractivity contribution in [1.29, 1.82) is 0 Å². The summed E-state index contributed by atoms with van der Waals surface area (Å²) in [5.74, 6) is -0.0367. The van der Waals surface area contributed by atoms with Crippen molar-refractivity contribution in [3.05, 3.63) is 102 Å². The molecule has 4 rings (SSSR count). The summed E-state index contributed by atoms with van der Waals surface area (Å²) >= 11 is 7.92. The Bertz CT molecular complexity index is 1380. The highest BCUT2D eigenvalue weighted by atomic mass is 35.5. The van der Waals surface area contributed by atoms with Gasteiger partial charge in [-0.05, 0) is 48.1 Å². The first-order chi connectivity index (χ1) is 16.0. The molecule has 0 saturated carbocycles. The van der Waals surface area contributed by atoms with Crippen molar-refractivity contribution in [1.82, 2.24) is 14.5 Å². The van der Waals surface area contributed by atoms with Crippen molar-refractivity contribution in [3.8, 4) is 0 Å². The topological polar surface area (TPSA) is 73.1 Å². The third-order valence-corrected chi connectivity index (χ3v) is 6.74. The van der Waals surface area contributed by atoms with Crippen LogP contribution in [0.5, 0.6) is 0 Å². The van der Waals surface area contributed by atoms with E-state index in [1.807, 2.05) is 41.8 Å². The second kappa shape index (κ2) is 10.6. The molecule has 0 aliphatic heterocycles. The number of benzene rings is 2. The van der Waals surface area contributed by atoms with Crippen LogP contribution in [0.15, 0.2) is 75.6 Å². The van der Waals surface area contributed by atoms with Crippen molar-refractivity contribution in [3.63, 3.8) is 0 Å². The molecule has 0 radical (unpaired) electrons. The van der Waals surface area contributed by atoms with Crippen LogP contribution in [0.2, 0.25) is 5.02 Å². The number of para-hydroxylation sites is 1. The van der Waals surface area contributed by atoms with Gasteiger partial charge in [0.15, 0.2) is 0 Å². The van der Waals surface area contributed by atoms with Gasteiger partial charge >= 0.3 is 5.69 Å². The number of nitrogens with zero attached hydrogens (tertiary/aromatic N) is 2. The lowest BCUT2D eigenvalue weighted by molar-refractivity contribution is -0.121. The highest BCUT2D eigenvalue weighted by Crippen LogP contribution is 2.17. The summed E-state index contributed by atoms with van der Waals surface area (Å²) in [6.07, 6.45) is 1.48. The molecular weight excluding hydrogens is 458 g/mol. The third-order valence-electron chi connectivity index (χ3n) is 5.49. The predicted molar refractivity (Wildman–Crippen MR) is 133 cm³/mol. The van der Waals surface area contributed by atoms with E-state index in [9.17, 15) is 14.4 Å². The average Bonchev–Trinajstić information content (AvgIpc) is 3.35. The van der Waals surface area contributed by atoms with Crippen molar-refractivity contribution < 1.29 is 4.79 Å². The normalized spacial score (nSPS) is 11.1. The Hall–Kier alpha value is -3.16. The second-order valence-electron chi connectivity index (χ2n) is 7.75. The van der Waals surface area contributed by atoms with Gasteiger partial charge < -0.3 is 5.32 Å². The number of rotatable bonds is 9. The smallest absolute Gasteiger partial charge is 0.331 e. The van der Waals surface area contributed by atoms with E-state index in [4.69, 9.17) is 11.6 Å². The number of hydrogen-bond acceptors (Lipinski definition) is 4. The van der Waals surface area contributed by atoms with Gasteiger partial charge in [-0.25, -0.2) is 4.79 Å². The van der Waals surface area contributed by atoms with Gasteiger partial charge in [0.25, 0.3) is 5.56 Å². The van der Waals surface area contributed by atoms with E-state index in [1.165, 1.54) is 4.57 Å². The number of aromatic nitrogens is 2. The molecule has 0 aliphatic carbocycles. The summed E-state index contributed by atoms with van der Waals surface area (Å²) in [6.45, 7) is 1.04. The molecule has 33 heavy (non-hydrogen) atoms. The summed E-state index contributed by atoms with van der Waals surface area (Å²) in [7, 11) is 0. The minimum absolute atomic E-state index is 0.0367. The molecule has 2 aromatic carbocycles. The predicted octanol–water partition coefficient (Wildman–Crippen LogP) is 4.41. The number of nitrogens with one attached hydrogen (secondary N) is 1. The summed E-state index contributed by atoms with van der Waals surface area (Å²) in [4.78, 5) is 39.5. The number of hydrogen-bond donors (Lipinski definition) is 1. The van der Waals surface area contributed by atoms with Gasteiger partial charge in [-0.15, -0.1) is 11.3 Å². The molecule has 0 aliphatic rings. The molecule has 2 aromatic heterocycles. The monoisotopic (exact) mass is 481 g/mol. The van der Waals surface area contributed by atoms with Gasteiger partial charge in [0.05, 0.1) is 24.0 Å². The van der Waals surface area contributed by atoms with Crippen LogP contribution in [0, 0.1) is 0 Å². The maximum atomic E-state index is 13.3. The Morgan fingerprint density at radius 1 is 0.939 bits per heavy atom. The molecule has 4 aromatic rings. The number of thiophene rings is 1. The summed E-state index contributed by atoms with van der Waals surface area (Å²) in [6, 6.07) is 18.4. The minimum atomic E-state index is -0.374. The minimum Gasteiger partial charge on any atom is -0.351 e. The largest absolute Gasteiger partial charge is 0.351 e. The molecule has 0 atom stereocenters. The van der Waals surface area contributed by atoms with Crippen molar-refractivity contribution in [2.24, 2.45) is 0 Å². The van der Waals surface area contributed by atoms with Gasteiger partial charge in [0.2, 0.25) is 5.91 Å². The number of fused-ring (bicyclic) bond motifs is 1. The summed E-state index contributed by atoms with van der Waals surface area (Å²) < 4.78 is 2.86. The first kappa shape index (κ1) is 23.0. The van der Waals surface area contributed by atoms with Gasteiger partial charge in [-0.1, -0.05) is 48.0 Å². The van der Waals surface area contributed by atoms with Gasteiger partial charge in [-0.3, -0.25) is 18.7 Å². The van der Waals surface area contributed by atoms with E-state index in [0.29, 0.717) is 41.7 Å². The lowest BCUT2D eigenvalue weighted by Crippen LogP contribution is -2.40. The molecule has 0 bridgehead atoms. The zero-order chi connectivity index (χ0) is 23.2. The zero-order valence-electron chi connectivity index (χ0n) is 18.0. The lowest BCUT2D eigenvalue weighted by atomic mass is 10.2. The lowest BCUT2D eigenvalue weighted by Gasteiger charge is -2.15. The molecule has 8 heteroatoms. The molecule has 0 saturated heterocycles. The molecule has 2 heterocycles. The van der Waals surface area contributed by atoms with Crippen LogP contribution in [0.3, 0.4) is 0 Å². The summed E-state index contributed by atoms with van der Waals surface area (Å²) in [5.41, 5.74) is 0.699. The molecule has 1 N–H and O–H groups in total. The number of carbonyl (C=O) groups excluding carboxylic acids is 1. The maximum absolute atomic E-state index is 13.3. The van der Waals surface area contributed by atoms with E-state index < -0.39 is 0 Å². The number of amides is 1. The fourth-order valence-electron chi connectivity index (χ4n) is 3.76. The van der Waals surface area contributed by atoms with Gasteiger partial charge in [-0.2, -0.15) is 0 Å².